The van der Waals surface area contributed by atoms with Gasteiger partial charge in [-0.1, -0.05) is 12.1 Å². The third-order valence-electron chi connectivity index (χ3n) is 5.24. The second kappa shape index (κ2) is 7.33. The molecule has 0 bridgehead atoms. The maximum absolute atomic E-state index is 13.1. The van der Waals surface area contributed by atoms with Crippen molar-refractivity contribution < 1.29 is 21.7 Å². The van der Waals surface area contributed by atoms with Crippen LogP contribution in [0.2, 0.25) is 0 Å². The Morgan fingerprint density at radius 2 is 1.90 bits per heavy atom. The molecule has 154 valence electrons. The highest BCUT2D eigenvalue weighted by molar-refractivity contribution is 7.86. The van der Waals surface area contributed by atoms with Gasteiger partial charge in [0.1, 0.15) is 17.9 Å². The molecule has 1 aliphatic rings. The van der Waals surface area contributed by atoms with Crippen molar-refractivity contribution in [2.75, 3.05) is 6.26 Å². The fourth-order valence-electron chi connectivity index (χ4n) is 3.48. The van der Waals surface area contributed by atoms with Crippen molar-refractivity contribution in [2.24, 2.45) is 5.92 Å². The number of hydrogen-bond acceptors (Lipinski definition) is 5. The number of rotatable bonds is 7. The van der Waals surface area contributed by atoms with Crippen LogP contribution in [0, 0.1) is 25.6 Å². The van der Waals surface area contributed by atoms with Crippen LogP contribution in [0.1, 0.15) is 29.7 Å². The molecule has 3 aromatic rings. The second-order valence-electron chi connectivity index (χ2n) is 7.62. The molecule has 0 unspecified atom stereocenters. The normalized spacial score (nSPS) is 14.3. The van der Waals surface area contributed by atoms with E-state index in [-0.39, 0.29) is 18.2 Å². The Bertz CT molecular complexity index is 1170. The molecular formula is C21H23FN2O4S. The van der Waals surface area contributed by atoms with Gasteiger partial charge in [0.05, 0.1) is 17.8 Å². The average molecular weight is 418 g/mol. The van der Waals surface area contributed by atoms with Gasteiger partial charge in [0.2, 0.25) is 5.88 Å². The Morgan fingerprint density at radius 1 is 1.21 bits per heavy atom. The van der Waals surface area contributed by atoms with E-state index in [1.807, 2.05) is 13.8 Å². The van der Waals surface area contributed by atoms with E-state index >= 15 is 0 Å². The Kier molecular flexibility index (Phi) is 4.98. The lowest BCUT2D eigenvalue weighted by atomic mass is 10.2. The summed E-state index contributed by atoms with van der Waals surface area (Å²) in [4.78, 5) is 4.36. The number of pyridine rings is 1. The van der Waals surface area contributed by atoms with Crippen LogP contribution in [0.5, 0.6) is 11.6 Å². The highest BCUT2D eigenvalue weighted by Gasteiger charge is 2.27. The monoisotopic (exact) mass is 418 g/mol. The van der Waals surface area contributed by atoms with Crippen molar-refractivity contribution in [2.45, 2.75) is 39.8 Å². The molecule has 0 N–H and O–H groups in total. The molecule has 0 saturated heterocycles. The summed E-state index contributed by atoms with van der Waals surface area (Å²) in [5.41, 5.74) is 3.51. The summed E-state index contributed by atoms with van der Waals surface area (Å²) in [7, 11) is -3.70. The molecule has 2 aromatic heterocycles. The number of nitrogens with zero attached hydrogens (tertiary/aromatic N) is 2. The van der Waals surface area contributed by atoms with Gasteiger partial charge in [-0.15, -0.1) is 0 Å². The Hall–Kier alpha value is -2.61. The van der Waals surface area contributed by atoms with Crippen molar-refractivity contribution in [1.29, 1.82) is 0 Å². The lowest BCUT2D eigenvalue weighted by molar-refractivity contribution is 0.296. The largest absolute Gasteiger partial charge is 0.471 e. The van der Waals surface area contributed by atoms with Crippen molar-refractivity contribution in [3.05, 3.63) is 53.1 Å². The van der Waals surface area contributed by atoms with E-state index in [4.69, 9.17) is 8.92 Å². The Morgan fingerprint density at radius 3 is 2.52 bits per heavy atom. The number of halogens is 1. The molecule has 6 nitrogen and oxygen atoms in total. The van der Waals surface area contributed by atoms with Crippen LogP contribution in [0.15, 0.2) is 30.5 Å². The maximum Gasteiger partial charge on any atom is 0.306 e. The SMILES string of the molecule is Cc1c(C)n(CC2CC2)c2c(OCc3ccc(F)cc3)ncc(OS(C)(=O)=O)c12. The van der Waals surface area contributed by atoms with E-state index in [9.17, 15) is 12.8 Å². The molecule has 4 rings (SSSR count). The zero-order chi connectivity index (χ0) is 20.8. The predicted molar refractivity (Wildman–Crippen MR) is 108 cm³/mol. The number of aromatic nitrogens is 2. The van der Waals surface area contributed by atoms with Crippen molar-refractivity contribution in [3.63, 3.8) is 0 Å². The summed E-state index contributed by atoms with van der Waals surface area (Å²) >= 11 is 0. The summed E-state index contributed by atoms with van der Waals surface area (Å²) in [5.74, 6) is 0.906. The van der Waals surface area contributed by atoms with Crippen LogP contribution >= 0.6 is 0 Å². The minimum atomic E-state index is -3.70. The van der Waals surface area contributed by atoms with E-state index in [1.54, 1.807) is 12.1 Å². The minimum absolute atomic E-state index is 0.201. The van der Waals surface area contributed by atoms with Gasteiger partial charge in [-0.25, -0.2) is 9.37 Å². The maximum atomic E-state index is 13.1. The molecule has 0 spiro atoms. The Balaban J connectivity index is 1.79. The first-order chi connectivity index (χ1) is 13.7. The van der Waals surface area contributed by atoms with Crippen LogP contribution in [0.25, 0.3) is 10.9 Å². The van der Waals surface area contributed by atoms with Gasteiger partial charge in [0.25, 0.3) is 0 Å². The fraction of sp³-hybridized carbons (Fsp3) is 0.381. The van der Waals surface area contributed by atoms with Crippen LogP contribution in [-0.4, -0.2) is 24.2 Å². The molecule has 1 fully saturated rings. The lowest BCUT2D eigenvalue weighted by Gasteiger charge is -2.13. The van der Waals surface area contributed by atoms with Gasteiger partial charge in [0, 0.05) is 12.2 Å². The van der Waals surface area contributed by atoms with E-state index in [0.29, 0.717) is 17.2 Å². The molecule has 0 aliphatic heterocycles. The first-order valence-corrected chi connectivity index (χ1v) is 11.3. The molecule has 2 heterocycles. The molecule has 1 aromatic carbocycles. The zero-order valence-electron chi connectivity index (χ0n) is 16.6. The fourth-order valence-corrected chi connectivity index (χ4v) is 3.93. The number of benzene rings is 1. The highest BCUT2D eigenvalue weighted by Crippen LogP contribution is 2.40. The molecule has 0 atom stereocenters. The summed E-state index contributed by atoms with van der Waals surface area (Å²) in [6, 6.07) is 6.09. The van der Waals surface area contributed by atoms with Crippen molar-refractivity contribution in [1.82, 2.24) is 9.55 Å². The number of aryl methyl sites for hydroxylation is 1. The van der Waals surface area contributed by atoms with E-state index in [2.05, 4.69) is 9.55 Å². The molecule has 0 radical (unpaired) electrons. The van der Waals surface area contributed by atoms with E-state index in [0.717, 1.165) is 35.1 Å². The first kappa shape index (κ1) is 19.7. The molecule has 0 amide bonds. The van der Waals surface area contributed by atoms with Crippen LogP contribution in [-0.2, 0) is 23.3 Å². The number of fused-ring (bicyclic) bond motifs is 1. The van der Waals surface area contributed by atoms with Crippen LogP contribution in [0.3, 0.4) is 0 Å². The molecule has 1 aliphatic carbocycles. The first-order valence-electron chi connectivity index (χ1n) is 9.48. The minimum Gasteiger partial charge on any atom is -0.471 e. The molecule has 8 heteroatoms. The third-order valence-corrected chi connectivity index (χ3v) is 5.73. The van der Waals surface area contributed by atoms with Crippen molar-refractivity contribution >= 4 is 21.0 Å². The highest BCUT2D eigenvalue weighted by atomic mass is 32.2. The van der Waals surface area contributed by atoms with Gasteiger partial charge in [0.15, 0.2) is 5.75 Å². The standard InChI is InChI=1S/C21H23FN2O4S/c1-13-14(2)24(11-15-4-5-15)20-19(13)18(28-29(3,25)26)10-23-21(20)27-12-16-6-8-17(22)9-7-16/h6-10,15H,4-5,11-12H2,1-3H3. The summed E-state index contributed by atoms with van der Waals surface area (Å²) in [5, 5.41) is 0.692. The molecule has 29 heavy (non-hydrogen) atoms. The lowest BCUT2D eigenvalue weighted by Crippen LogP contribution is -2.08. The van der Waals surface area contributed by atoms with Crippen molar-refractivity contribution in [3.8, 4) is 11.6 Å². The van der Waals surface area contributed by atoms with E-state index in [1.165, 1.54) is 31.2 Å². The predicted octanol–water partition coefficient (Wildman–Crippen LogP) is 4.12. The van der Waals surface area contributed by atoms with Crippen LogP contribution in [0.4, 0.5) is 4.39 Å². The topological polar surface area (TPSA) is 70.4 Å². The summed E-state index contributed by atoms with van der Waals surface area (Å²) < 4.78 is 50.0. The van der Waals surface area contributed by atoms with Gasteiger partial charge >= 0.3 is 10.1 Å². The quantitative estimate of drug-likeness (QED) is 0.540. The molecule has 1 saturated carbocycles. The smallest absolute Gasteiger partial charge is 0.306 e. The van der Waals surface area contributed by atoms with Gasteiger partial charge in [-0.05, 0) is 55.9 Å². The molecular weight excluding hydrogens is 395 g/mol. The summed E-state index contributed by atoms with van der Waals surface area (Å²) in [6.45, 7) is 5.00. The number of hydrogen-bond donors (Lipinski definition) is 0. The van der Waals surface area contributed by atoms with Gasteiger partial charge in [-0.3, -0.25) is 0 Å². The third kappa shape index (κ3) is 4.22. The van der Waals surface area contributed by atoms with Crippen LogP contribution < -0.4 is 8.92 Å². The summed E-state index contributed by atoms with van der Waals surface area (Å²) in [6.07, 6.45) is 4.76. The zero-order valence-corrected chi connectivity index (χ0v) is 17.4. The van der Waals surface area contributed by atoms with E-state index < -0.39 is 10.1 Å². The Labute approximate surface area is 169 Å². The second-order valence-corrected chi connectivity index (χ2v) is 9.19. The van der Waals surface area contributed by atoms with Gasteiger partial charge < -0.3 is 13.5 Å². The average Bonchev–Trinajstić information content (AvgIpc) is 3.44. The van der Waals surface area contributed by atoms with Gasteiger partial charge in [-0.2, -0.15) is 8.42 Å². The number of ether oxygens (including phenoxy) is 1.